The summed E-state index contributed by atoms with van der Waals surface area (Å²) in [6.07, 6.45) is -3.44. The van der Waals surface area contributed by atoms with Gasteiger partial charge in [-0.25, -0.2) is 4.79 Å². The van der Waals surface area contributed by atoms with E-state index in [1.165, 1.54) is 0 Å². The summed E-state index contributed by atoms with van der Waals surface area (Å²) in [5.41, 5.74) is 0. The summed E-state index contributed by atoms with van der Waals surface area (Å²) in [6, 6.07) is 0. The van der Waals surface area contributed by atoms with Crippen LogP contribution in [0.1, 0.15) is 27.7 Å². The van der Waals surface area contributed by atoms with Gasteiger partial charge in [0.05, 0.1) is 13.2 Å². The summed E-state index contributed by atoms with van der Waals surface area (Å²) in [5.74, 6) is -4.56. The molecule has 12 heteroatoms. The van der Waals surface area contributed by atoms with Crippen LogP contribution in [0.4, 0.5) is 8.78 Å². The van der Waals surface area contributed by atoms with Crippen molar-refractivity contribution in [1.29, 1.82) is 0 Å². The zero-order valence-electron chi connectivity index (χ0n) is 14.0. The maximum Gasteiger partial charge on any atom is 0.465 e. The number of carbonyl (C=O) groups excluding carboxylic acids is 1. The smallest absolute Gasteiger partial charge is 0.451 e. The molecular formula is C13H20F2O9S. The molecule has 0 radical (unpaired) electrons. The van der Waals surface area contributed by atoms with Crippen LogP contribution < -0.4 is 0 Å². The average molecular weight is 390 g/mol. The van der Waals surface area contributed by atoms with Crippen molar-refractivity contribution in [2.75, 3.05) is 13.2 Å². The molecule has 25 heavy (non-hydrogen) atoms. The first-order valence-corrected chi connectivity index (χ1v) is 8.78. The number of alkyl halides is 2. The van der Waals surface area contributed by atoms with Gasteiger partial charge in [-0.3, -0.25) is 4.55 Å². The molecule has 2 fully saturated rings. The Hall–Kier alpha value is -0.920. The van der Waals surface area contributed by atoms with Crippen LogP contribution in [-0.2, 0) is 38.6 Å². The zero-order valence-corrected chi connectivity index (χ0v) is 14.8. The Bertz CT molecular complexity index is 605. The standard InChI is InChI=1S/C13H20F2O9S/c1-11(2)20-5-7(23-11)9(8-6-21-12(3,4)24-8)22-10(16)13(14,15)25(17,18)19/h7-9H,5-6H2,1-4H3,(H,17,18,19). The highest BCUT2D eigenvalue weighted by Gasteiger charge is 2.57. The largest absolute Gasteiger partial charge is 0.465 e. The third kappa shape index (κ3) is 4.44. The lowest BCUT2D eigenvalue weighted by atomic mass is 10.1. The van der Waals surface area contributed by atoms with Gasteiger partial charge in [0.2, 0.25) is 0 Å². The Labute approximate surface area is 143 Å². The molecule has 0 aromatic rings. The molecule has 1 N–H and O–H groups in total. The molecule has 2 unspecified atom stereocenters. The van der Waals surface area contributed by atoms with Crippen LogP contribution in [0.2, 0.25) is 0 Å². The summed E-state index contributed by atoms with van der Waals surface area (Å²) >= 11 is 0. The van der Waals surface area contributed by atoms with E-state index in [4.69, 9.17) is 23.5 Å². The maximum absolute atomic E-state index is 13.5. The Morgan fingerprint density at radius 2 is 1.52 bits per heavy atom. The van der Waals surface area contributed by atoms with Crippen molar-refractivity contribution in [2.45, 2.75) is 62.8 Å². The Kier molecular flexibility index (Phi) is 5.18. The fourth-order valence-electron chi connectivity index (χ4n) is 2.44. The number of hydrogen-bond donors (Lipinski definition) is 1. The van der Waals surface area contributed by atoms with E-state index in [-0.39, 0.29) is 13.2 Å². The molecule has 2 saturated heterocycles. The van der Waals surface area contributed by atoms with Crippen molar-refractivity contribution in [1.82, 2.24) is 0 Å². The van der Waals surface area contributed by atoms with Gasteiger partial charge >= 0.3 is 21.3 Å². The monoisotopic (exact) mass is 390 g/mol. The van der Waals surface area contributed by atoms with Crippen LogP contribution in [-0.4, -0.2) is 67.3 Å². The number of esters is 1. The van der Waals surface area contributed by atoms with E-state index in [9.17, 15) is 22.0 Å². The van der Waals surface area contributed by atoms with E-state index < -0.39 is 51.2 Å². The summed E-state index contributed by atoms with van der Waals surface area (Å²) in [6.45, 7) is 6.04. The number of ether oxygens (including phenoxy) is 5. The molecule has 2 heterocycles. The third-order valence-corrected chi connectivity index (χ3v) is 4.41. The summed E-state index contributed by atoms with van der Waals surface area (Å²) < 4.78 is 83.3. The van der Waals surface area contributed by atoms with Gasteiger partial charge in [0, 0.05) is 0 Å². The van der Waals surface area contributed by atoms with Crippen molar-refractivity contribution < 1.29 is 50.2 Å². The van der Waals surface area contributed by atoms with Crippen molar-refractivity contribution in [3.63, 3.8) is 0 Å². The quantitative estimate of drug-likeness (QED) is 0.534. The highest BCUT2D eigenvalue weighted by atomic mass is 32.2. The second-order valence-electron chi connectivity index (χ2n) is 6.60. The normalized spacial score (nSPS) is 30.2. The molecule has 0 aromatic carbocycles. The van der Waals surface area contributed by atoms with Crippen LogP contribution in [0.15, 0.2) is 0 Å². The average Bonchev–Trinajstić information content (AvgIpc) is 2.96. The third-order valence-electron chi connectivity index (χ3n) is 3.60. The summed E-state index contributed by atoms with van der Waals surface area (Å²) in [5, 5.41) is -5.13. The van der Waals surface area contributed by atoms with E-state index in [0.717, 1.165) is 0 Å². The van der Waals surface area contributed by atoms with E-state index in [1.807, 2.05) is 0 Å². The zero-order chi connectivity index (χ0) is 19.3. The molecule has 146 valence electrons. The maximum atomic E-state index is 13.5. The first kappa shape index (κ1) is 20.4. The van der Waals surface area contributed by atoms with Crippen molar-refractivity contribution >= 4 is 16.1 Å². The van der Waals surface area contributed by atoms with E-state index in [2.05, 4.69) is 4.74 Å². The van der Waals surface area contributed by atoms with Gasteiger partial charge in [0.25, 0.3) is 0 Å². The lowest BCUT2D eigenvalue weighted by Crippen LogP contribution is -2.49. The summed E-state index contributed by atoms with van der Waals surface area (Å²) in [4.78, 5) is 11.7. The van der Waals surface area contributed by atoms with Crippen molar-refractivity contribution in [3.8, 4) is 0 Å². The Morgan fingerprint density at radius 3 is 1.80 bits per heavy atom. The molecule has 2 atom stereocenters. The minimum Gasteiger partial charge on any atom is -0.451 e. The fraction of sp³-hybridized carbons (Fsp3) is 0.923. The van der Waals surface area contributed by atoms with Gasteiger partial charge in [-0.2, -0.15) is 17.2 Å². The highest BCUT2D eigenvalue weighted by Crippen LogP contribution is 2.33. The second kappa shape index (κ2) is 6.35. The van der Waals surface area contributed by atoms with Crippen LogP contribution in [0.25, 0.3) is 0 Å². The Balaban J connectivity index is 2.22. The molecule has 2 aliphatic heterocycles. The minimum atomic E-state index is -5.99. The first-order chi connectivity index (χ1) is 11.1. The predicted octanol–water partition coefficient (Wildman–Crippen LogP) is 0.682. The molecule has 9 nitrogen and oxygen atoms in total. The molecule has 2 aliphatic rings. The lowest BCUT2D eigenvalue weighted by molar-refractivity contribution is -0.203. The number of rotatable bonds is 5. The lowest BCUT2D eigenvalue weighted by Gasteiger charge is -2.29. The molecule has 0 spiro atoms. The first-order valence-electron chi connectivity index (χ1n) is 7.34. The van der Waals surface area contributed by atoms with E-state index in [1.54, 1.807) is 27.7 Å². The molecule has 2 rings (SSSR count). The molecule has 0 aliphatic carbocycles. The van der Waals surface area contributed by atoms with E-state index >= 15 is 0 Å². The Morgan fingerprint density at radius 1 is 1.12 bits per heavy atom. The molecule has 0 saturated carbocycles. The predicted molar refractivity (Wildman–Crippen MR) is 76.2 cm³/mol. The minimum absolute atomic E-state index is 0.108. The molecule has 0 bridgehead atoms. The van der Waals surface area contributed by atoms with Crippen molar-refractivity contribution in [3.05, 3.63) is 0 Å². The number of hydrogen-bond acceptors (Lipinski definition) is 8. The second-order valence-corrected chi connectivity index (χ2v) is 8.06. The van der Waals surface area contributed by atoms with Gasteiger partial charge in [-0.1, -0.05) is 0 Å². The van der Waals surface area contributed by atoms with Gasteiger partial charge in [-0.05, 0) is 27.7 Å². The molecular weight excluding hydrogens is 370 g/mol. The number of carbonyl (C=O) groups is 1. The highest BCUT2D eigenvalue weighted by molar-refractivity contribution is 7.87. The SMILES string of the molecule is CC1(C)OCC(C(OC(=O)C(F)(F)S(=O)(=O)O)C2COC(C)(C)O2)O1. The van der Waals surface area contributed by atoms with Gasteiger partial charge in [0.1, 0.15) is 12.2 Å². The van der Waals surface area contributed by atoms with Crippen LogP contribution >= 0.6 is 0 Å². The van der Waals surface area contributed by atoms with Gasteiger partial charge in [0.15, 0.2) is 17.7 Å². The molecule has 0 aromatic heterocycles. The molecule has 0 amide bonds. The van der Waals surface area contributed by atoms with Gasteiger partial charge in [-0.15, -0.1) is 0 Å². The van der Waals surface area contributed by atoms with E-state index in [0.29, 0.717) is 0 Å². The van der Waals surface area contributed by atoms with Crippen molar-refractivity contribution in [2.24, 2.45) is 0 Å². The van der Waals surface area contributed by atoms with Gasteiger partial charge < -0.3 is 23.7 Å². The number of halogens is 2. The van der Waals surface area contributed by atoms with Crippen LogP contribution in [0.3, 0.4) is 0 Å². The topological polar surface area (TPSA) is 118 Å². The van der Waals surface area contributed by atoms with Crippen LogP contribution in [0.5, 0.6) is 0 Å². The van der Waals surface area contributed by atoms with Crippen LogP contribution in [0, 0.1) is 0 Å². The fourth-order valence-corrected chi connectivity index (χ4v) is 2.70. The summed E-state index contributed by atoms with van der Waals surface area (Å²) in [7, 11) is -5.99.